The molecule has 1 aliphatic carbocycles. The van der Waals surface area contributed by atoms with Gasteiger partial charge in [0.1, 0.15) is 5.82 Å². The molecule has 1 aromatic heterocycles. The van der Waals surface area contributed by atoms with Crippen LogP contribution in [0.15, 0.2) is 142 Å². The summed E-state index contributed by atoms with van der Waals surface area (Å²) >= 11 is 6.59. The first kappa shape index (κ1) is 30.0. The van der Waals surface area contributed by atoms with Gasteiger partial charge in [0.25, 0.3) is 0 Å². The maximum Gasteiger partial charge on any atom is 0.223 e. The zero-order valence-corrected chi connectivity index (χ0v) is 27.1. The van der Waals surface area contributed by atoms with E-state index in [1.165, 1.54) is 39.1 Å². The van der Waals surface area contributed by atoms with Gasteiger partial charge in [0.2, 0.25) is 11.4 Å². The lowest BCUT2D eigenvalue weighted by Gasteiger charge is -2.12. The maximum absolute atomic E-state index is 12.7. The molecule has 3 nitrogen and oxygen atoms in total. The molecule has 7 aromatic rings. The molecule has 0 spiro atoms. The third kappa shape index (κ3) is 5.91. The highest BCUT2D eigenvalue weighted by molar-refractivity contribution is 9.10. The molecule has 0 N–H and O–H groups in total. The van der Waals surface area contributed by atoms with E-state index in [1.807, 2.05) is 30.3 Å². The van der Waals surface area contributed by atoms with Gasteiger partial charge in [0, 0.05) is 19.7 Å². The van der Waals surface area contributed by atoms with E-state index in [9.17, 15) is 4.39 Å². The van der Waals surface area contributed by atoms with Crippen LogP contribution in [0.1, 0.15) is 11.1 Å². The van der Waals surface area contributed by atoms with Crippen molar-refractivity contribution in [3.8, 4) is 16.8 Å². The lowest BCUT2D eigenvalue weighted by atomic mass is 10.1. The summed E-state index contributed by atoms with van der Waals surface area (Å²) < 4.78 is 16.2. The zero-order chi connectivity index (χ0) is 31.3. The Labute approximate surface area is 278 Å². The van der Waals surface area contributed by atoms with E-state index in [1.54, 1.807) is 12.1 Å². The number of nitrogens with zero attached hydrogens (tertiary/aromatic N) is 3. The summed E-state index contributed by atoms with van der Waals surface area (Å²) in [7, 11) is 0. The molecule has 6 aromatic carbocycles. The number of hydrogen-bond acceptors (Lipinski definition) is 0. The van der Waals surface area contributed by atoms with Gasteiger partial charge in [-0.3, -0.25) is 0 Å². The molecule has 216 valence electrons. The van der Waals surface area contributed by atoms with Crippen LogP contribution in [-0.2, 0) is 6.42 Å². The van der Waals surface area contributed by atoms with E-state index < -0.39 is 5.82 Å². The van der Waals surface area contributed by atoms with E-state index >= 15 is 0 Å². The monoisotopic (exact) mass is 711 g/mol. The second-order valence-corrected chi connectivity index (χ2v) is 12.0. The van der Waals surface area contributed by atoms with Gasteiger partial charge in [-0.1, -0.05) is 109 Å². The Morgan fingerprint density at radius 3 is 1.53 bits per heavy atom. The summed E-state index contributed by atoms with van der Waals surface area (Å²) in [6.45, 7) is 14.0. The minimum Gasteiger partial charge on any atom is -0.318 e. The molecule has 8 rings (SSSR count). The Morgan fingerprint density at radius 1 is 0.533 bits per heavy atom. The van der Waals surface area contributed by atoms with Crippen molar-refractivity contribution in [3.63, 3.8) is 0 Å². The van der Waals surface area contributed by atoms with Crippen molar-refractivity contribution in [1.82, 2.24) is 4.57 Å². The first-order valence-corrected chi connectivity index (χ1v) is 15.7. The molecule has 0 fully saturated rings. The van der Waals surface area contributed by atoms with Crippen LogP contribution in [0.3, 0.4) is 0 Å². The van der Waals surface area contributed by atoms with Gasteiger partial charge in [-0.05, 0) is 84.8 Å². The number of hydrogen-bond donors (Lipinski definition) is 0. The highest BCUT2D eigenvalue weighted by Gasteiger charge is 2.17. The Bertz CT molecular complexity index is 2180. The summed E-state index contributed by atoms with van der Waals surface area (Å²) in [5.41, 5.74) is 9.56. The minimum absolute atomic E-state index is 0.0503. The van der Waals surface area contributed by atoms with Crippen molar-refractivity contribution in [2.24, 2.45) is 0 Å². The topological polar surface area (TPSA) is 13.6 Å². The molecule has 0 saturated carbocycles. The Hall–Kier alpha value is -5.01. The molecule has 0 bridgehead atoms. The third-order valence-electron chi connectivity index (χ3n) is 7.65. The van der Waals surface area contributed by atoms with E-state index in [0.717, 1.165) is 27.6 Å². The summed E-state index contributed by atoms with van der Waals surface area (Å²) in [5, 5.41) is 2.40. The summed E-state index contributed by atoms with van der Waals surface area (Å²) in [6, 6.07) is 44.3. The smallest absolute Gasteiger partial charge is 0.223 e. The fourth-order valence-corrected chi connectivity index (χ4v) is 6.53. The van der Waals surface area contributed by atoms with Crippen molar-refractivity contribution in [2.45, 2.75) is 6.42 Å². The Morgan fingerprint density at radius 2 is 1.00 bits per heavy atom. The molecule has 1 heterocycles. The molecular weight excluding hydrogens is 689 g/mol. The average Bonchev–Trinajstić information content (AvgIpc) is 3.62. The van der Waals surface area contributed by atoms with Gasteiger partial charge in [-0.15, -0.1) is 0 Å². The summed E-state index contributed by atoms with van der Waals surface area (Å²) in [6.07, 6.45) is 1.10. The van der Waals surface area contributed by atoms with Crippen LogP contribution in [0.5, 0.6) is 0 Å². The largest absolute Gasteiger partial charge is 0.318 e. The predicted molar refractivity (Wildman–Crippen MR) is 190 cm³/mol. The second-order valence-electron chi connectivity index (χ2n) is 10.3. The van der Waals surface area contributed by atoms with Gasteiger partial charge in [0.05, 0.1) is 29.9 Å². The number of benzene rings is 6. The molecule has 0 radical (unpaired) electrons. The van der Waals surface area contributed by atoms with Crippen molar-refractivity contribution in [2.75, 3.05) is 0 Å². The zero-order valence-electron chi connectivity index (χ0n) is 23.9. The Balaban J connectivity index is 0.000000132. The second kappa shape index (κ2) is 13.3. The lowest BCUT2D eigenvalue weighted by molar-refractivity contribution is 0.627. The molecular formula is C39H24Br2FN3. The van der Waals surface area contributed by atoms with Gasteiger partial charge in [0.15, 0.2) is 0 Å². The van der Waals surface area contributed by atoms with Crippen LogP contribution in [0.2, 0.25) is 0 Å². The van der Waals surface area contributed by atoms with Crippen molar-refractivity contribution in [1.29, 1.82) is 0 Å². The highest BCUT2D eigenvalue weighted by Crippen LogP contribution is 2.39. The average molecular weight is 713 g/mol. The van der Waals surface area contributed by atoms with E-state index in [4.69, 9.17) is 13.1 Å². The summed E-state index contributed by atoms with van der Waals surface area (Å²) in [4.78, 5) is 6.68. The van der Waals surface area contributed by atoms with Gasteiger partial charge >= 0.3 is 0 Å². The molecule has 1 aliphatic rings. The van der Waals surface area contributed by atoms with Crippen LogP contribution in [0.4, 0.5) is 15.8 Å². The number of rotatable bonds is 1. The van der Waals surface area contributed by atoms with E-state index in [2.05, 4.69) is 131 Å². The first-order chi connectivity index (χ1) is 22.0. The minimum atomic E-state index is -0.488. The van der Waals surface area contributed by atoms with Crippen molar-refractivity contribution in [3.05, 3.63) is 182 Å². The molecule has 45 heavy (non-hydrogen) atoms. The molecule has 0 amide bonds. The maximum atomic E-state index is 12.7. The first-order valence-electron chi connectivity index (χ1n) is 14.1. The fraction of sp³-hybridized carbons (Fsp3) is 0.0256. The molecule has 0 unspecified atom stereocenters. The lowest BCUT2D eigenvalue weighted by Crippen LogP contribution is -1.95. The number of aromatic nitrogens is 1. The standard InChI is InChI=1S/C19H11BrN2.C13H10.C7H3BrFN/c1-21-16-10-6-9-15(20)19(16)22-17-11-4-2-7-13(17)14-8-3-5-12-18(14)22;1-3-7-12-10(5-1)9-11-6-2-4-8-13(11)12;1-10-6-4-2-3-5(8)7(6)9/h2-12H;1-8H,9H2;2-4H. The number of para-hydroxylation sites is 3. The fourth-order valence-electron chi connectivity index (χ4n) is 5.64. The number of halogens is 3. The molecule has 0 saturated heterocycles. The van der Waals surface area contributed by atoms with Crippen LogP contribution in [0.25, 0.3) is 48.3 Å². The van der Waals surface area contributed by atoms with E-state index in [-0.39, 0.29) is 5.69 Å². The van der Waals surface area contributed by atoms with E-state index in [0.29, 0.717) is 10.2 Å². The van der Waals surface area contributed by atoms with Crippen molar-refractivity contribution < 1.29 is 4.39 Å². The van der Waals surface area contributed by atoms with Gasteiger partial charge < -0.3 is 4.57 Å². The molecule has 0 aliphatic heterocycles. The third-order valence-corrected chi connectivity index (χ3v) is 8.90. The van der Waals surface area contributed by atoms with Crippen LogP contribution >= 0.6 is 31.9 Å². The number of fused-ring (bicyclic) bond motifs is 6. The van der Waals surface area contributed by atoms with Crippen LogP contribution in [-0.4, -0.2) is 4.57 Å². The van der Waals surface area contributed by atoms with Crippen molar-refractivity contribution >= 4 is 65.0 Å². The highest BCUT2D eigenvalue weighted by atomic mass is 79.9. The van der Waals surface area contributed by atoms with Gasteiger partial charge in [-0.2, -0.15) is 0 Å². The van der Waals surface area contributed by atoms with Crippen LogP contribution < -0.4 is 0 Å². The Kier molecular flexibility index (Phi) is 8.89. The van der Waals surface area contributed by atoms with Gasteiger partial charge in [-0.25, -0.2) is 14.1 Å². The summed E-state index contributed by atoms with van der Waals surface area (Å²) in [5.74, 6) is -0.488. The normalized spacial score (nSPS) is 10.9. The quantitative estimate of drug-likeness (QED) is 0.150. The van der Waals surface area contributed by atoms with Crippen LogP contribution in [0, 0.1) is 19.0 Å². The predicted octanol–water partition coefficient (Wildman–Crippen LogP) is 12.5. The molecule has 0 atom stereocenters. The SMILES string of the molecule is [C-]#[N+]c1cccc(Br)c1-n1c2ccccc2c2ccccc21.[C-]#[N+]c1cccc(Br)c1F.c1ccc2c(c1)Cc1ccccc1-2. The molecule has 6 heteroatoms.